The molecule has 2 aliphatic heterocycles. The van der Waals surface area contributed by atoms with Crippen molar-refractivity contribution in [1.29, 1.82) is 0 Å². The zero-order valence-corrected chi connectivity index (χ0v) is 19.6. The molecule has 31 heavy (non-hydrogen) atoms. The lowest BCUT2D eigenvalue weighted by atomic mass is 9.98. The van der Waals surface area contributed by atoms with Gasteiger partial charge in [0, 0.05) is 18.0 Å². The minimum Gasteiger partial charge on any atom is -0.493 e. The summed E-state index contributed by atoms with van der Waals surface area (Å²) >= 11 is 1.79. The average molecular weight is 439 g/mol. The number of thiophene rings is 1. The molecule has 164 valence electrons. The van der Waals surface area contributed by atoms with Gasteiger partial charge in [0.25, 0.3) is 0 Å². The van der Waals surface area contributed by atoms with Crippen LogP contribution in [0.2, 0.25) is 0 Å². The molecule has 5 rings (SSSR count). The molecular formula is C24H30N4O2S. The number of aryl methyl sites for hydroxylation is 2. The van der Waals surface area contributed by atoms with E-state index in [0.29, 0.717) is 0 Å². The van der Waals surface area contributed by atoms with E-state index >= 15 is 0 Å². The molecule has 0 spiro atoms. The lowest BCUT2D eigenvalue weighted by molar-refractivity contribution is 0.323. The molecule has 0 amide bonds. The third kappa shape index (κ3) is 3.74. The SMILES string of the molecule is COc1cc2c(cc1OC)CN(c1nc(CN3CCCC3)nc3sc(C)c(C)c13)CC2. The smallest absolute Gasteiger partial charge is 0.161 e. The van der Waals surface area contributed by atoms with E-state index in [0.717, 1.165) is 67.1 Å². The normalized spacial score (nSPS) is 16.7. The van der Waals surface area contributed by atoms with Crippen LogP contribution in [0.3, 0.4) is 0 Å². The van der Waals surface area contributed by atoms with Crippen LogP contribution in [-0.2, 0) is 19.5 Å². The third-order valence-corrected chi connectivity index (χ3v) is 7.74. The molecule has 2 aliphatic rings. The summed E-state index contributed by atoms with van der Waals surface area (Å²) in [5.74, 6) is 3.62. The maximum Gasteiger partial charge on any atom is 0.161 e. The van der Waals surface area contributed by atoms with Gasteiger partial charge in [-0.3, -0.25) is 4.90 Å². The molecule has 3 aromatic rings. The quantitative estimate of drug-likeness (QED) is 0.585. The summed E-state index contributed by atoms with van der Waals surface area (Å²) in [7, 11) is 3.39. The Labute approximate surface area is 187 Å². The first-order valence-corrected chi connectivity index (χ1v) is 11.9. The Morgan fingerprint density at radius 3 is 2.39 bits per heavy atom. The van der Waals surface area contributed by atoms with Crippen LogP contribution >= 0.6 is 11.3 Å². The molecule has 0 N–H and O–H groups in total. The highest BCUT2D eigenvalue weighted by molar-refractivity contribution is 7.18. The maximum atomic E-state index is 5.56. The number of benzene rings is 1. The Kier molecular flexibility index (Phi) is 5.48. The van der Waals surface area contributed by atoms with Crippen molar-refractivity contribution in [2.75, 3.05) is 38.8 Å². The lowest BCUT2D eigenvalue weighted by Gasteiger charge is -2.31. The fourth-order valence-corrected chi connectivity index (χ4v) is 5.82. The molecule has 0 bridgehead atoms. The molecule has 2 aromatic heterocycles. The predicted octanol–water partition coefficient (Wildman–Crippen LogP) is 4.48. The van der Waals surface area contributed by atoms with Crippen molar-refractivity contribution >= 4 is 27.4 Å². The van der Waals surface area contributed by atoms with Gasteiger partial charge in [0.1, 0.15) is 16.5 Å². The number of nitrogens with zero attached hydrogens (tertiary/aromatic N) is 4. The number of ether oxygens (including phenoxy) is 2. The molecule has 4 heterocycles. The van der Waals surface area contributed by atoms with Gasteiger partial charge in [0.05, 0.1) is 26.2 Å². The molecule has 1 saturated heterocycles. The fourth-order valence-electron chi connectivity index (χ4n) is 4.78. The second-order valence-electron chi connectivity index (χ2n) is 8.56. The van der Waals surface area contributed by atoms with Crippen molar-refractivity contribution in [3.05, 3.63) is 39.5 Å². The first-order valence-electron chi connectivity index (χ1n) is 11.0. The van der Waals surface area contributed by atoms with E-state index in [4.69, 9.17) is 19.4 Å². The van der Waals surface area contributed by atoms with Crippen LogP contribution in [0.15, 0.2) is 12.1 Å². The summed E-state index contributed by atoms with van der Waals surface area (Å²) in [5, 5.41) is 1.22. The number of likely N-dealkylation sites (tertiary alicyclic amines) is 1. The fraction of sp³-hybridized carbons (Fsp3) is 0.500. The first-order chi connectivity index (χ1) is 15.1. The highest BCUT2D eigenvalue weighted by atomic mass is 32.1. The molecule has 0 radical (unpaired) electrons. The minimum absolute atomic E-state index is 0.785. The van der Waals surface area contributed by atoms with Gasteiger partial charge in [0.15, 0.2) is 11.5 Å². The van der Waals surface area contributed by atoms with E-state index in [-0.39, 0.29) is 0 Å². The Morgan fingerprint density at radius 2 is 1.68 bits per heavy atom. The largest absolute Gasteiger partial charge is 0.493 e. The number of fused-ring (bicyclic) bond motifs is 2. The number of hydrogen-bond donors (Lipinski definition) is 0. The van der Waals surface area contributed by atoms with Crippen LogP contribution in [0, 0.1) is 13.8 Å². The molecule has 7 heteroatoms. The average Bonchev–Trinajstić information content (AvgIpc) is 3.39. The van der Waals surface area contributed by atoms with Crippen molar-refractivity contribution in [2.45, 2.75) is 46.2 Å². The Balaban J connectivity index is 1.54. The first kappa shape index (κ1) is 20.5. The maximum absolute atomic E-state index is 5.56. The standard InChI is InChI=1S/C24H30N4O2S/c1-15-16(2)31-24-22(15)23(25-21(26-24)14-27-8-5-6-9-27)28-10-7-17-11-19(29-3)20(30-4)12-18(17)13-28/h11-12H,5-10,13-14H2,1-4H3. The van der Waals surface area contributed by atoms with Crippen molar-refractivity contribution in [2.24, 2.45) is 0 Å². The third-order valence-electron chi connectivity index (χ3n) is 6.64. The van der Waals surface area contributed by atoms with E-state index in [1.807, 2.05) is 0 Å². The highest BCUT2D eigenvalue weighted by Gasteiger charge is 2.25. The van der Waals surface area contributed by atoms with Crippen LogP contribution in [0.5, 0.6) is 11.5 Å². The molecule has 1 aromatic carbocycles. The molecule has 0 unspecified atom stereocenters. The second kappa shape index (κ2) is 8.28. The number of aromatic nitrogens is 2. The monoisotopic (exact) mass is 438 g/mol. The van der Waals surface area contributed by atoms with E-state index in [1.165, 1.54) is 39.8 Å². The molecular weight excluding hydrogens is 408 g/mol. The summed E-state index contributed by atoms with van der Waals surface area (Å²) < 4.78 is 11.1. The molecule has 0 saturated carbocycles. The zero-order chi connectivity index (χ0) is 21.5. The molecule has 1 fully saturated rings. The van der Waals surface area contributed by atoms with Crippen LogP contribution in [0.25, 0.3) is 10.2 Å². The molecule has 6 nitrogen and oxygen atoms in total. The van der Waals surface area contributed by atoms with Gasteiger partial charge in [-0.1, -0.05) is 0 Å². The van der Waals surface area contributed by atoms with Crippen molar-refractivity contribution in [3.63, 3.8) is 0 Å². The van der Waals surface area contributed by atoms with Crippen LogP contribution < -0.4 is 14.4 Å². The van der Waals surface area contributed by atoms with Crippen LogP contribution in [0.1, 0.15) is 40.2 Å². The number of hydrogen-bond acceptors (Lipinski definition) is 7. The van der Waals surface area contributed by atoms with Gasteiger partial charge >= 0.3 is 0 Å². The summed E-state index contributed by atoms with van der Waals surface area (Å²) in [6, 6.07) is 4.25. The van der Waals surface area contributed by atoms with Gasteiger partial charge in [-0.2, -0.15) is 0 Å². The lowest BCUT2D eigenvalue weighted by Crippen LogP contribution is -2.32. The van der Waals surface area contributed by atoms with Crippen molar-refractivity contribution in [1.82, 2.24) is 14.9 Å². The zero-order valence-electron chi connectivity index (χ0n) is 18.8. The predicted molar refractivity (Wildman–Crippen MR) is 126 cm³/mol. The minimum atomic E-state index is 0.785. The summed E-state index contributed by atoms with van der Waals surface area (Å²) in [6.07, 6.45) is 3.52. The Bertz CT molecular complexity index is 1120. The Morgan fingerprint density at radius 1 is 0.968 bits per heavy atom. The van der Waals surface area contributed by atoms with Crippen LogP contribution in [0.4, 0.5) is 5.82 Å². The van der Waals surface area contributed by atoms with Gasteiger partial charge in [-0.05, 0) is 75.0 Å². The van der Waals surface area contributed by atoms with E-state index in [9.17, 15) is 0 Å². The van der Waals surface area contributed by atoms with E-state index in [2.05, 4.69) is 35.8 Å². The summed E-state index contributed by atoms with van der Waals surface area (Å²) in [5.41, 5.74) is 3.91. The van der Waals surface area contributed by atoms with Gasteiger partial charge < -0.3 is 14.4 Å². The van der Waals surface area contributed by atoms with Crippen LogP contribution in [-0.4, -0.2) is 48.7 Å². The van der Waals surface area contributed by atoms with Gasteiger partial charge in [0.2, 0.25) is 0 Å². The van der Waals surface area contributed by atoms with Gasteiger partial charge in [-0.15, -0.1) is 11.3 Å². The topological polar surface area (TPSA) is 50.7 Å². The molecule has 0 aliphatic carbocycles. The van der Waals surface area contributed by atoms with Crippen molar-refractivity contribution < 1.29 is 9.47 Å². The number of methoxy groups -OCH3 is 2. The summed E-state index contributed by atoms with van der Waals surface area (Å²) in [6.45, 7) is 9.29. The summed E-state index contributed by atoms with van der Waals surface area (Å²) in [4.78, 5) is 17.4. The molecule has 0 atom stereocenters. The second-order valence-corrected chi connectivity index (χ2v) is 9.76. The van der Waals surface area contributed by atoms with E-state index < -0.39 is 0 Å². The van der Waals surface area contributed by atoms with E-state index in [1.54, 1.807) is 25.6 Å². The van der Waals surface area contributed by atoms with Gasteiger partial charge in [-0.25, -0.2) is 9.97 Å². The number of rotatable bonds is 5. The van der Waals surface area contributed by atoms with Crippen molar-refractivity contribution in [3.8, 4) is 11.5 Å². The number of anilines is 1. The Hall–Kier alpha value is -2.38. The highest BCUT2D eigenvalue weighted by Crippen LogP contribution is 2.39.